The van der Waals surface area contributed by atoms with Gasteiger partial charge in [0.25, 0.3) is 0 Å². The maximum atomic E-state index is 12.3. The second-order valence-corrected chi connectivity index (χ2v) is 8.36. The lowest BCUT2D eigenvalue weighted by atomic mass is 9.93. The van der Waals surface area contributed by atoms with Crippen LogP contribution in [0, 0.1) is 0 Å². The normalized spacial score (nSPS) is 12.4. The molecular formula is C25H23Cl2N3O3. The maximum Gasteiger partial charge on any atom is 0.323 e. The molecule has 0 spiro atoms. The van der Waals surface area contributed by atoms with Gasteiger partial charge in [-0.05, 0) is 60.0 Å². The van der Waals surface area contributed by atoms with Crippen molar-refractivity contribution in [2.45, 2.75) is 12.8 Å². The summed E-state index contributed by atoms with van der Waals surface area (Å²) in [5, 5.41) is 6.40. The zero-order valence-corrected chi connectivity index (χ0v) is 19.8. The molecule has 0 saturated heterocycles. The molecule has 3 aromatic carbocycles. The molecule has 3 aromatic rings. The number of amides is 2. The average Bonchev–Trinajstić information content (AvgIpc) is 2.82. The van der Waals surface area contributed by atoms with Crippen LogP contribution in [0.25, 0.3) is 0 Å². The number of aliphatic imine (C=N–C) groups is 1. The average molecular weight is 484 g/mol. The predicted molar refractivity (Wildman–Crippen MR) is 134 cm³/mol. The highest BCUT2D eigenvalue weighted by Gasteiger charge is 2.19. The third-order valence-corrected chi connectivity index (χ3v) is 5.93. The molecule has 2 amide bonds. The lowest BCUT2D eigenvalue weighted by Crippen LogP contribution is -2.19. The van der Waals surface area contributed by atoms with E-state index in [1.165, 1.54) is 5.56 Å². The van der Waals surface area contributed by atoms with Crippen molar-refractivity contribution in [3.05, 3.63) is 81.3 Å². The summed E-state index contributed by atoms with van der Waals surface area (Å²) in [5.74, 6) is 1.42. The van der Waals surface area contributed by atoms with Crippen LogP contribution in [0.3, 0.4) is 0 Å². The van der Waals surface area contributed by atoms with Crippen LogP contribution in [0.5, 0.6) is 11.5 Å². The van der Waals surface area contributed by atoms with E-state index in [2.05, 4.69) is 10.6 Å². The monoisotopic (exact) mass is 483 g/mol. The fraction of sp³-hybridized carbons (Fsp3) is 0.200. The molecule has 1 aliphatic rings. The first-order valence-corrected chi connectivity index (χ1v) is 11.1. The Labute approximate surface area is 202 Å². The number of carbonyl (C=O) groups is 1. The van der Waals surface area contributed by atoms with Crippen LogP contribution in [0.15, 0.2) is 59.6 Å². The Balaban J connectivity index is 1.44. The van der Waals surface area contributed by atoms with E-state index in [4.69, 9.17) is 37.7 Å². The van der Waals surface area contributed by atoms with Gasteiger partial charge in [-0.1, -0.05) is 35.3 Å². The van der Waals surface area contributed by atoms with Gasteiger partial charge in [0.15, 0.2) is 11.5 Å². The fourth-order valence-electron chi connectivity index (χ4n) is 3.72. The van der Waals surface area contributed by atoms with Crippen LogP contribution in [0.2, 0.25) is 10.0 Å². The van der Waals surface area contributed by atoms with Crippen molar-refractivity contribution < 1.29 is 14.3 Å². The summed E-state index contributed by atoms with van der Waals surface area (Å²) >= 11 is 12.1. The van der Waals surface area contributed by atoms with Gasteiger partial charge >= 0.3 is 6.03 Å². The number of anilines is 2. The number of urea groups is 1. The standard InChI is InChI=1S/C25H23Cl2N3O3/c1-32-23-12-16-9-10-28-21(19(16)14-24(23)33-2)11-15-3-6-18(7-4-15)29-25(31)30-22-13-17(26)5-8-20(22)27/h3-8,12-14H,9-11H2,1-2H3,(H2,29,30,31). The molecule has 170 valence electrons. The summed E-state index contributed by atoms with van der Waals surface area (Å²) in [6.45, 7) is 0.740. The minimum Gasteiger partial charge on any atom is -0.493 e. The van der Waals surface area contributed by atoms with E-state index in [9.17, 15) is 4.79 Å². The van der Waals surface area contributed by atoms with Gasteiger partial charge in [-0.15, -0.1) is 0 Å². The lowest BCUT2D eigenvalue weighted by molar-refractivity contribution is 0.262. The first-order valence-electron chi connectivity index (χ1n) is 10.4. The van der Waals surface area contributed by atoms with Crippen LogP contribution in [-0.4, -0.2) is 32.5 Å². The van der Waals surface area contributed by atoms with Gasteiger partial charge in [0, 0.05) is 35.0 Å². The van der Waals surface area contributed by atoms with Crippen molar-refractivity contribution in [1.82, 2.24) is 0 Å². The molecule has 4 rings (SSSR count). The largest absolute Gasteiger partial charge is 0.493 e. The minimum absolute atomic E-state index is 0.404. The van der Waals surface area contributed by atoms with E-state index in [1.807, 2.05) is 36.4 Å². The molecule has 0 radical (unpaired) electrons. The molecule has 1 heterocycles. The van der Waals surface area contributed by atoms with Gasteiger partial charge in [0.1, 0.15) is 0 Å². The van der Waals surface area contributed by atoms with Crippen molar-refractivity contribution >= 4 is 46.3 Å². The van der Waals surface area contributed by atoms with Crippen LogP contribution >= 0.6 is 23.2 Å². The molecular weight excluding hydrogens is 461 g/mol. The highest BCUT2D eigenvalue weighted by atomic mass is 35.5. The summed E-state index contributed by atoms with van der Waals surface area (Å²) < 4.78 is 10.9. The molecule has 0 aliphatic carbocycles. The van der Waals surface area contributed by atoms with E-state index >= 15 is 0 Å². The van der Waals surface area contributed by atoms with Gasteiger partial charge in [0.2, 0.25) is 0 Å². The number of benzene rings is 3. The molecule has 33 heavy (non-hydrogen) atoms. The Hall–Kier alpha value is -3.22. The highest BCUT2D eigenvalue weighted by Crippen LogP contribution is 2.33. The summed E-state index contributed by atoms with van der Waals surface area (Å²) in [6.07, 6.45) is 1.54. The number of nitrogens with one attached hydrogen (secondary N) is 2. The topological polar surface area (TPSA) is 72.0 Å². The summed E-state index contributed by atoms with van der Waals surface area (Å²) in [6, 6.07) is 16.2. The molecule has 2 N–H and O–H groups in total. The number of halogens is 2. The third kappa shape index (κ3) is 5.41. The van der Waals surface area contributed by atoms with Crippen LogP contribution in [-0.2, 0) is 12.8 Å². The van der Waals surface area contributed by atoms with Gasteiger partial charge in [-0.2, -0.15) is 0 Å². The molecule has 0 unspecified atom stereocenters. The Bertz CT molecular complexity index is 1210. The number of hydrogen-bond acceptors (Lipinski definition) is 4. The van der Waals surface area contributed by atoms with Crippen LogP contribution < -0.4 is 20.1 Å². The van der Waals surface area contributed by atoms with Crippen LogP contribution in [0.1, 0.15) is 16.7 Å². The van der Waals surface area contributed by atoms with Crippen molar-refractivity contribution in [1.29, 1.82) is 0 Å². The summed E-state index contributed by atoms with van der Waals surface area (Å²) in [7, 11) is 3.27. The van der Waals surface area contributed by atoms with E-state index < -0.39 is 6.03 Å². The van der Waals surface area contributed by atoms with Crippen molar-refractivity contribution in [3.63, 3.8) is 0 Å². The molecule has 0 saturated carbocycles. The van der Waals surface area contributed by atoms with Gasteiger partial charge in [0.05, 0.1) is 24.9 Å². The third-order valence-electron chi connectivity index (χ3n) is 5.36. The Morgan fingerprint density at radius 2 is 1.70 bits per heavy atom. The number of carbonyl (C=O) groups excluding carboxylic acids is 1. The van der Waals surface area contributed by atoms with Gasteiger partial charge < -0.3 is 20.1 Å². The maximum absolute atomic E-state index is 12.3. The SMILES string of the molecule is COc1cc2c(cc1OC)C(Cc1ccc(NC(=O)Nc3cc(Cl)ccc3Cl)cc1)=NCC2. The number of methoxy groups -OCH3 is 2. The van der Waals surface area contributed by atoms with E-state index in [1.54, 1.807) is 32.4 Å². The Kier molecular flexibility index (Phi) is 7.06. The molecule has 6 nitrogen and oxygen atoms in total. The second kappa shape index (κ2) is 10.1. The van der Waals surface area contributed by atoms with Gasteiger partial charge in [-0.25, -0.2) is 4.79 Å². The molecule has 0 fully saturated rings. The smallest absolute Gasteiger partial charge is 0.323 e. The minimum atomic E-state index is -0.404. The zero-order chi connectivity index (χ0) is 23.4. The summed E-state index contributed by atoms with van der Waals surface area (Å²) in [4.78, 5) is 17.1. The number of hydrogen-bond donors (Lipinski definition) is 2. The lowest BCUT2D eigenvalue weighted by Gasteiger charge is -2.20. The van der Waals surface area contributed by atoms with E-state index in [0.717, 1.165) is 35.6 Å². The number of fused-ring (bicyclic) bond motifs is 1. The highest BCUT2D eigenvalue weighted by molar-refractivity contribution is 6.35. The zero-order valence-electron chi connectivity index (χ0n) is 18.2. The quantitative estimate of drug-likeness (QED) is 0.435. The first kappa shape index (κ1) is 23.0. The molecule has 0 bridgehead atoms. The predicted octanol–water partition coefficient (Wildman–Crippen LogP) is 6.24. The summed E-state index contributed by atoms with van der Waals surface area (Å²) in [5.41, 5.74) is 5.48. The Morgan fingerprint density at radius 1 is 0.970 bits per heavy atom. The fourth-order valence-corrected chi connectivity index (χ4v) is 4.06. The van der Waals surface area contributed by atoms with E-state index in [-0.39, 0.29) is 0 Å². The molecule has 8 heteroatoms. The number of rotatable bonds is 6. The Morgan fingerprint density at radius 3 is 2.42 bits per heavy atom. The van der Waals surface area contributed by atoms with Crippen molar-refractivity contribution in [3.8, 4) is 11.5 Å². The molecule has 0 atom stereocenters. The van der Waals surface area contributed by atoms with Crippen molar-refractivity contribution in [2.75, 3.05) is 31.4 Å². The molecule has 1 aliphatic heterocycles. The number of nitrogens with zero attached hydrogens (tertiary/aromatic N) is 1. The second-order valence-electron chi connectivity index (χ2n) is 7.52. The first-order chi connectivity index (χ1) is 16.0. The molecule has 0 aromatic heterocycles. The van der Waals surface area contributed by atoms with E-state index in [0.29, 0.717) is 33.6 Å². The number of ether oxygens (including phenoxy) is 2. The van der Waals surface area contributed by atoms with Crippen LogP contribution in [0.4, 0.5) is 16.2 Å². The van der Waals surface area contributed by atoms with Gasteiger partial charge in [-0.3, -0.25) is 4.99 Å². The van der Waals surface area contributed by atoms with Crippen molar-refractivity contribution in [2.24, 2.45) is 4.99 Å².